The van der Waals surface area contributed by atoms with Gasteiger partial charge in [-0.15, -0.1) is 0 Å². The monoisotopic (exact) mass is 491 g/mol. The predicted octanol–water partition coefficient (Wildman–Crippen LogP) is 4.96. The molecule has 10 heteroatoms. The third kappa shape index (κ3) is 4.63. The lowest BCUT2D eigenvalue weighted by atomic mass is 10.2. The lowest BCUT2D eigenvalue weighted by molar-refractivity contribution is -0.384. The van der Waals surface area contributed by atoms with Gasteiger partial charge in [-0.05, 0) is 43.3 Å². The number of aromatic nitrogens is 2. The molecular formula is C25H22ClN5O4. The van der Waals surface area contributed by atoms with Crippen LogP contribution in [0.3, 0.4) is 0 Å². The number of piperazine rings is 1. The average Bonchev–Trinajstić information content (AvgIpc) is 3.50. The Morgan fingerprint density at radius 3 is 2.43 bits per heavy atom. The van der Waals surface area contributed by atoms with E-state index < -0.39 is 4.92 Å². The number of nitrogens with zero attached hydrogens (tertiary/aromatic N) is 5. The number of carbonyl (C=O) groups is 1. The first kappa shape index (κ1) is 22.7. The van der Waals surface area contributed by atoms with Gasteiger partial charge in [0.05, 0.1) is 10.6 Å². The molecule has 0 atom stereocenters. The lowest BCUT2D eigenvalue weighted by Crippen LogP contribution is -2.49. The standard InChI is InChI=1S/C25H22ClN5O4/c1-17-8-9-24(35-17)22-16-23(30(27-22)20-6-3-7-21(15-20)31(33)34)25(32)29-12-10-28(11-13-29)19-5-2-4-18(26)14-19/h2-9,14-16H,10-13H2,1H3. The Bertz CT molecular complexity index is 1400. The number of anilines is 1. The number of nitro groups is 1. The van der Waals surface area contributed by atoms with Crippen molar-refractivity contribution in [2.45, 2.75) is 6.92 Å². The minimum absolute atomic E-state index is 0.0815. The van der Waals surface area contributed by atoms with Crippen LogP contribution < -0.4 is 4.90 Å². The minimum atomic E-state index is -0.472. The van der Waals surface area contributed by atoms with Crippen LogP contribution in [0.15, 0.2) is 71.1 Å². The number of benzene rings is 2. The van der Waals surface area contributed by atoms with Crippen molar-refractivity contribution in [3.8, 4) is 17.1 Å². The van der Waals surface area contributed by atoms with Gasteiger partial charge in [0.25, 0.3) is 11.6 Å². The smallest absolute Gasteiger partial charge is 0.272 e. The summed E-state index contributed by atoms with van der Waals surface area (Å²) in [6.07, 6.45) is 0. The van der Waals surface area contributed by atoms with Crippen LogP contribution in [0.4, 0.5) is 11.4 Å². The van der Waals surface area contributed by atoms with Crippen molar-refractivity contribution in [3.05, 3.63) is 93.3 Å². The van der Waals surface area contributed by atoms with E-state index in [1.807, 2.05) is 37.3 Å². The van der Waals surface area contributed by atoms with Crippen molar-refractivity contribution in [1.29, 1.82) is 0 Å². The quantitative estimate of drug-likeness (QED) is 0.289. The maximum atomic E-state index is 13.6. The van der Waals surface area contributed by atoms with Crippen molar-refractivity contribution in [2.24, 2.45) is 0 Å². The topological polar surface area (TPSA) is 97.7 Å². The van der Waals surface area contributed by atoms with Crippen LogP contribution in [0.1, 0.15) is 16.2 Å². The predicted molar refractivity (Wildman–Crippen MR) is 132 cm³/mol. The third-order valence-electron chi connectivity index (χ3n) is 5.95. The molecular weight excluding hydrogens is 470 g/mol. The van der Waals surface area contributed by atoms with E-state index in [2.05, 4.69) is 10.00 Å². The molecule has 178 valence electrons. The summed E-state index contributed by atoms with van der Waals surface area (Å²) < 4.78 is 7.16. The van der Waals surface area contributed by atoms with Crippen LogP contribution in [0.5, 0.6) is 0 Å². The van der Waals surface area contributed by atoms with E-state index in [9.17, 15) is 14.9 Å². The Balaban J connectivity index is 1.45. The van der Waals surface area contributed by atoms with Gasteiger partial charge >= 0.3 is 0 Å². The molecule has 35 heavy (non-hydrogen) atoms. The van der Waals surface area contributed by atoms with E-state index in [0.29, 0.717) is 54.0 Å². The fourth-order valence-corrected chi connectivity index (χ4v) is 4.35. The van der Waals surface area contributed by atoms with E-state index >= 15 is 0 Å². The number of aryl methyl sites for hydroxylation is 1. The van der Waals surface area contributed by atoms with Crippen molar-refractivity contribution in [2.75, 3.05) is 31.1 Å². The Morgan fingerprint density at radius 2 is 1.74 bits per heavy atom. The second-order valence-electron chi connectivity index (χ2n) is 8.27. The molecule has 3 heterocycles. The number of nitro benzene ring substituents is 1. The summed E-state index contributed by atoms with van der Waals surface area (Å²) >= 11 is 6.13. The van der Waals surface area contributed by atoms with Gasteiger partial charge in [-0.3, -0.25) is 14.9 Å². The summed E-state index contributed by atoms with van der Waals surface area (Å²) in [7, 11) is 0. The highest BCUT2D eigenvalue weighted by Crippen LogP contribution is 2.27. The lowest BCUT2D eigenvalue weighted by Gasteiger charge is -2.36. The number of amides is 1. The molecule has 1 aliphatic rings. The van der Waals surface area contributed by atoms with Crippen LogP contribution >= 0.6 is 11.6 Å². The first-order valence-corrected chi connectivity index (χ1v) is 11.5. The molecule has 4 aromatic rings. The molecule has 0 aliphatic carbocycles. The highest BCUT2D eigenvalue weighted by Gasteiger charge is 2.27. The summed E-state index contributed by atoms with van der Waals surface area (Å²) in [5, 5.41) is 16.6. The molecule has 2 aromatic heterocycles. The van der Waals surface area contributed by atoms with Gasteiger partial charge in [0, 0.05) is 55.1 Å². The zero-order valence-electron chi connectivity index (χ0n) is 18.9. The molecule has 0 unspecified atom stereocenters. The van der Waals surface area contributed by atoms with Crippen LogP contribution in [-0.4, -0.2) is 51.7 Å². The second kappa shape index (κ2) is 9.27. The molecule has 0 spiro atoms. The Hall–Kier alpha value is -4.11. The van der Waals surface area contributed by atoms with Gasteiger partial charge in [0.1, 0.15) is 17.1 Å². The zero-order chi connectivity index (χ0) is 24.5. The van der Waals surface area contributed by atoms with Crippen molar-refractivity contribution in [1.82, 2.24) is 14.7 Å². The van der Waals surface area contributed by atoms with E-state index in [1.54, 1.807) is 29.2 Å². The van der Waals surface area contributed by atoms with Gasteiger partial charge in [0.2, 0.25) is 0 Å². The van der Waals surface area contributed by atoms with E-state index in [1.165, 1.54) is 16.8 Å². The van der Waals surface area contributed by atoms with Crippen LogP contribution in [-0.2, 0) is 0 Å². The number of non-ortho nitro benzene ring substituents is 1. The highest BCUT2D eigenvalue weighted by atomic mass is 35.5. The van der Waals surface area contributed by atoms with Gasteiger partial charge in [0.15, 0.2) is 5.76 Å². The van der Waals surface area contributed by atoms with Gasteiger partial charge in [-0.25, -0.2) is 4.68 Å². The number of rotatable bonds is 5. The highest BCUT2D eigenvalue weighted by molar-refractivity contribution is 6.30. The van der Waals surface area contributed by atoms with Crippen molar-refractivity contribution < 1.29 is 14.1 Å². The summed E-state index contributed by atoms with van der Waals surface area (Å²) in [5.74, 6) is 1.03. The summed E-state index contributed by atoms with van der Waals surface area (Å²) in [4.78, 5) is 28.4. The van der Waals surface area contributed by atoms with E-state index in [4.69, 9.17) is 16.0 Å². The molecule has 0 N–H and O–H groups in total. The molecule has 0 radical (unpaired) electrons. The Morgan fingerprint density at radius 1 is 1.00 bits per heavy atom. The summed E-state index contributed by atoms with van der Waals surface area (Å²) in [6, 6.07) is 19.0. The molecule has 2 aromatic carbocycles. The number of furan rings is 1. The minimum Gasteiger partial charge on any atom is -0.460 e. The maximum absolute atomic E-state index is 13.6. The molecule has 5 rings (SSSR count). The van der Waals surface area contributed by atoms with Gasteiger partial charge in [-0.1, -0.05) is 23.7 Å². The van der Waals surface area contributed by atoms with E-state index in [0.717, 1.165) is 11.4 Å². The third-order valence-corrected chi connectivity index (χ3v) is 6.18. The van der Waals surface area contributed by atoms with Crippen LogP contribution in [0.25, 0.3) is 17.1 Å². The molecule has 1 fully saturated rings. The first-order valence-electron chi connectivity index (χ1n) is 11.1. The van der Waals surface area contributed by atoms with Crippen LogP contribution in [0, 0.1) is 17.0 Å². The fourth-order valence-electron chi connectivity index (χ4n) is 4.16. The van der Waals surface area contributed by atoms with Gasteiger partial charge < -0.3 is 14.2 Å². The molecule has 1 amide bonds. The molecule has 1 saturated heterocycles. The van der Waals surface area contributed by atoms with Crippen molar-refractivity contribution in [3.63, 3.8) is 0 Å². The molecule has 0 bridgehead atoms. The summed E-state index contributed by atoms with van der Waals surface area (Å²) in [5.41, 5.74) is 2.15. The second-order valence-corrected chi connectivity index (χ2v) is 8.71. The Labute approximate surface area is 206 Å². The van der Waals surface area contributed by atoms with E-state index in [-0.39, 0.29) is 11.6 Å². The SMILES string of the molecule is Cc1ccc(-c2cc(C(=O)N3CCN(c4cccc(Cl)c4)CC3)n(-c3cccc([N+](=O)[O-])c3)n2)o1. The normalized spacial score (nSPS) is 13.8. The maximum Gasteiger partial charge on any atom is 0.272 e. The Kier molecular flexibility index (Phi) is 6.00. The number of halogens is 1. The summed E-state index contributed by atoms with van der Waals surface area (Å²) in [6.45, 7) is 4.16. The molecule has 1 aliphatic heterocycles. The number of carbonyl (C=O) groups excluding carboxylic acids is 1. The number of hydrogen-bond donors (Lipinski definition) is 0. The molecule has 9 nitrogen and oxygen atoms in total. The number of hydrogen-bond acceptors (Lipinski definition) is 6. The van der Waals surface area contributed by atoms with Gasteiger partial charge in [-0.2, -0.15) is 5.10 Å². The van der Waals surface area contributed by atoms with Crippen molar-refractivity contribution >= 4 is 28.9 Å². The fraction of sp³-hybridized carbons (Fsp3) is 0.200. The average molecular weight is 492 g/mol. The first-order chi connectivity index (χ1) is 16.9. The zero-order valence-corrected chi connectivity index (χ0v) is 19.7. The molecule has 0 saturated carbocycles. The van der Waals surface area contributed by atoms with Crippen LogP contribution in [0.2, 0.25) is 5.02 Å². The largest absolute Gasteiger partial charge is 0.460 e.